The molecule has 1 saturated heterocycles. The number of nitrogens with one attached hydrogen (secondary N) is 3. The minimum absolute atomic E-state index is 0.0282. The molecule has 0 spiro atoms. The monoisotopic (exact) mass is 412 g/mol. The van der Waals surface area contributed by atoms with Gasteiger partial charge in [-0.05, 0) is 57.7 Å². The Kier molecular flexibility index (Phi) is 7.91. The summed E-state index contributed by atoms with van der Waals surface area (Å²) in [7, 11) is 0. The second kappa shape index (κ2) is 10.6. The molecule has 2 heterocycles. The predicted octanol–water partition coefficient (Wildman–Crippen LogP) is 3.23. The third kappa shape index (κ3) is 5.63. The molecule has 6 nitrogen and oxygen atoms in total. The maximum Gasteiger partial charge on any atom is 0.237 e. The average Bonchev–Trinajstić information content (AvgIpc) is 3.16. The normalized spacial score (nSPS) is 19.4. The highest BCUT2D eigenvalue weighted by atomic mass is 16.2. The third-order valence-corrected chi connectivity index (χ3v) is 6.23. The number of aromatic amines is 1. The first-order valence-corrected chi connectivity index (χ1v) is 11.4. The molecule has 2 aromatic rings. The summed E-state index contributed by atoms with van der Waals surface area (Å²) in [6.07, 6.45) is 6.73. The summed E-state index contributed by atoms with van der Waals surface area (Å²) >= 11 is 0. The molecule has 3 unspecified atom stereocenters. The topological polar surface area (TPSA) is 77.2 Å². The van der Waals surface area contributed by atoms with E-state index in [0.29, 0.717) is 13.1 Å². The summed E-state index contributed by atoms with van der Waals surface area (Å²) in [4.78, 5) is 30.7. The van der Waals surface area contributed by atoms with Crippen LogP contribution in [0, 0.1) is 5.92 Å². The van der Waals surface area contributed by atoms with Crippen molar-refractivity contribution < 1.29 is 9.59 Å². The lowest BCUT2D eigenvalue weighted by atomic mass is 9.95. The molecule has 1 aliphatic rings. The van der Waals surface area contributed by atoms with Gasteiger partial charge in [-0.15, -0.1) is 0 Å². The van der Waals surface area contributed by atoms with E-state index in [4.69, 9.17) is 0 Å². The minimum Gasteiger partial charge on any atom is -0.361 e. The predicted molar refractivity (Wildman–Crippen MR) is 121 cm³/mol. The van der Waals surface area contributed by atoms with Crippen molar-refractivity contribution in [1.29, 1.82) is 0 Å². The van der Waals surface area contributed by atoms with Crippen LogP contribution in [0.5, 0.6) is 0 Å². The SMILES string of the molecule is CCCC(C)NC(=O)C1CCCN(C(C)C(=O)NCCc2c[nH]c3ccccc23)C1. The number of H-pyrrole nitrogens is 1. The Morgan fingerprint density at radius 1 is 1.27 bits per heavy atom. The van der Waals surface area contributed by atoms with Crippen LogP contribution in [0.15, 0.2) is 30.5 Å². The molecular weight excluding hydrogens is 376 g/mol. The Bertz CT molecular complexity index is 847. The van der Waals surface area contributed by atoms with E-state index in [1.807, 2.05) is 25.3 Å². The number of para-hydroxylation sites is 1. The molecule has 6 heteroatoms. The summed E-state index contributed by atoms with van der Waals surface area (Å²) in [6.45, 7) is 8.26. The van der Waals surface area contributed by atoms with Crippen molar-refractivity contribution in [2.24, 2.45) is 5.92 Å². The van der Waals surface area contributed by atoms with E-state index < -0.39 is 0 Å². The van der Waals surface area contributed by atoms with Gasteiger partial charge in [-0.3, -0.25) is 14.5 Å². The molecule has 3 rings (SSSR count). The van der Waals surface area contributed by atoms with Gasteiger partial charge in [0.15, 0.2) is 0 Å². The number of carbonyl (C=O) groups is 2. The van der Waals surface area contributed by atoms with Gasteiger partial charge >= 0.3 is 0 Å². The van der Waals surface area contributed by atoms with Gasteiger partial charge in [0.1, 0.15) is 0 Å². The van der Waals surface area contributed by atoms with Crippen LogP contribution in [0.1, 0.15) is 52.0 Å². The standard InChI is InChI=1S/C24H36N4O2/c1-4-8-17(2)27-24(30)20-9-7-14-28(16-20)18(3)23(29)25-13-12-19-15-26-22-11-6-5-10-21(19)22/h5-6,10-11,15,17-18,20,26H,4,7-9,12-14,16H2,1-3H3,(H,25,29)(H,27,30). The maximum atomic E-state index is 12.7. The molecule has 0 radical (unpaired) electrons. The molecule has 1 aromatic carbocycles. The minimum atomic E-state index is -0.225. The van der Waals surface area contributed by atoms with Crippen molar-refractivity contribution in [3.63, 3.8) is 0 Å². The largest absolute Gasteiger partial charge is 0.361 e. The summed E-state index contributed by atoms with van der Waals surface area (Å²) in [6, 6.07) is 8.20. The first-order chi connectivity index (χ1) is 14.5. The lowest BCUT2D eigenvalue weighted by Gasteiger charge is -2.35. The lowest BCUT2D eigenvalue weighted by Crippen LogP contribution is -2.52. The Balaban J connectivity index is 1.47. The molecule has 2 amide bonds. The molecule has 0 bridgehead atoms. The number of aromatic nitrogens is 1. The second-order valence-electron chi connectivity index (χ2n) is 8.61. The van der Waals surface area contributed by atoms with Crippen LogP contribution in [0.3, 0.4) is 0 Å². The van der Waals surface area contributed by atoms with Gasteiger partial charge in [-0.2, -0.15) is 0 Å². The molecule has 3 N–H and O–H groups in total. The number of nitrogens with zero attached hydrogens (tertiary/aromatic N) is 1. The number of hydrogen-bond donors (Lipinski definition) is 3. The Morgan fingerprint density at radius 2 is 2.07 bits per heavy atom. The highest BCUT2D eigenvalue weighted by Crippen LogP contribution is 2.20. The number of hydrogen-bond acceptors (Lipinski definition) is 3. The highest BCUT2D eigenvalue weighted by molar-refractivity contribution is 5.84. The number of fused-ring (bicyclic) bond motifs is 1. The Labute approximate surface area is 179 Å². The molecule has 1 fully saturated rings. The van der Waals surface area contributed by atoms with Crippen molar-refractivity contribution >= 4 is 22.7 Å². The summed E-state index contributed by atoms with van der Waals surface area (Å²) < 4.78 is 0. The summed E-state index contributed by atoms with van der Waals surface area (Å²) in [5.74, 6) is 0.141. The van der Waals surface area contributed by atoms with E-state index in [-0.39, 0.29) is 29.8 Å². The van der Waals surface area contributed by atoms with Crippen molar-refractivity contribution in [3.05, 3.63) is 36.0 Å². The number of amides is 2. The summed E-state index contributed by atoms with van der Waals surface area (Å²) in [5.41, 5.74) is 2.34. The molecule has 1 aromatic heterocycles. The van der Waals surface area contributed by atoms with Gasteiger partial charge in [0, 0.05) is 36.2 Å². The quantitative estimate of drug-likeness (QED) is 0.592. The zero-order valence-corrected chi connectivity index (χ0v) is 18.5. The highest BCUT2D eigenvalue weighted by Gasteiger charge is 2.31. The maximum absolute atomic E-state index is 12.7. The number of carbonyl (C=O) groups excluding carboxylic acids is 2. The van der Waals surface area contributed by atoms with Crippen LogP contribution in [0.4, 0.5) is 0 Å². The van der Waals surface area contributed by atoms with E-state index in [2.05, 4.69) is 46.5 Å². The van der Waals surface area contributed by atoms with Crippen molar-refractivity contribution in [2.75, 3.05) is 19.6 Å². The fraction of sp³-hybridized carbons (Fsp3) is 0.583. The van der Waals surface area contributed by atoms with Gasteiger partial charge < -0.3 is 15.6 Å². The third-order valence-electron chi connectivity index (χ3n) is 6.23. The average molecular weight is 413 g/mol. The zero-order chi connectivity index (χ0) is 21.5. The number of benzene rings is 1. The van der Waals surface area contributed by atoms with Crippen molar-refractivity contribution in [1.82, 2.24) is 20.5 Å². The van der Waals surface area contributed by atoms with Crippen LogP contribution in [0.25, 0.3) is 10.9 Å². The van der Waals surface area contributed by atoms with Crippen LogP contribution < -0.4 is 10.6 Å². The number of rotatable bonds is 9. The van der Waals surface area contributed by atoms with Gasteiger partial charge in [-0.1, -0.05) is 31.5 Å². The van der Waals surface area contributed by atoms with Crippen molar-refractivity contribution in [2.45, 2.75) is 65.0 Å². The van der Waals surface area contributed by atoms with Gasteiger partial charge in [0.2, 0.25) is 11.8 Å². The van der Waals surface area contributed by atoms with Gasteiger partial charge in [0.05, 0.1) is 12.0 Å². The summed E-state index contributed by atoms with van der Waals surface area (Å²) in [5, 5.41) is 7.43. The number of piperidine rings is 1. The molecule has 30 heavy (non-hydrogen) atoms. The molecule has 3 atom stereocenters. The Hall–Kier alpha value is -2.34. The van der Waals surface area contributed by atoms with Crippen molar-refractivity contribution in [3.8, 4) is 0 Å². The lowest BCUT2D eigenvalue weighted by molar-refractivity contribution is -0.131. The second-order valence-corrected chi connectivity index (χ2v) is 8.61. The first-order valence-electron chi connectivity index (χ1n) is 11.4. The van der Waals surface area contributed by atoms with Crippen LogP contribution >= 0.6 is 0 Å². The molecule has 0 saturated carbocycles. The number of likely N-dealkylation sites (tertiary alicyclic amines) is 1. The van der Waals surface area contributed by atoms with Gasteiger partial charge in [0.25, 0.3) is 0 Å². The van der Waals surface area contributed by atoms with Gasteiger partial charge in [-0.25, -0.2) is 0 Å². The first kappa shape index (κ1) is 22.3. The van der Waals surface area contributed by atoms with Crippen LogP contribution in [0.2, 0.25) is 0 Å². The Morgan fingerprint density at radius 3 is 2.87 bits per heavy atom. The van der Waals surface area contributed by atoms with Crippen LogP contribution in [-0.4, -0.2) is 53.4 Å². The van der Waals surface area contributed by atoms with E-state index in [1.54, 1.807) is 0 Å². The smallest absolute Gasteiger partial charge is 0.237 e. The fourth-order valence-electron chi connectivity index (χ4n) is 4.41. The zero-order valence-electron chi connectivity index (χ0n) is 18.5. The fourth-order valence-corrected chi connectivity index (χ4v) is 4.41. The van der Waals surface area contributed by atoms with E-state index in [1.165, 1.54) is 10.9 Å². The van der Waals surface area contributed by atoms with E-state index >= 15 is 0 Å². The molecule has 0 aliphatic carbocycles. The molecule has 164 valence electrons. The van der Waals surface area contributed by atoms with E-state index in [0.717, 1.165) is 44.2 Å². The van der Waals surface area contributed by atoms with E-state index in [9.17, 15) is 9.59 Å². The molecule has 1 aliphatic heterocycles. The van der Waals surface area contributed by atoms with Crippen LogP contribution in [-0.2, 0) is 16.0 Å². The molecular formula is C24H36N4O2.